The molecule has 5 rings (SSSR count). The van der Waals surface area contributed by atoms with E-state index in [1.165, 1.54) is 17.0 Å². The van der Waals surface area contributed by atoms with Crippen LogP contribution in [0.2, 0.25) is 10.0 Å². The van der Waals surface area contributed by atoms with Gasteiger partial charge in [-0.15, -0.1) is 10.2 Å². The van der Waals surface area contributed by atoms with Gasteiger partial charge >= 0.3 is 6.18 Å². The van der Waals surface area contributed by atoms with Gasteiger partial charge in [-0.1, -0.05) is 71.4 Å². The van der Waals surface area contributed by atoms with E-state index >= 15 is 0 Å². The zero-order valence-electron chi connectivity index (χ0n) is 25.0. The molecule has 1 aliphatic rings. The van der Waals surface area contributed by atoms with Gasteiger partial charge in [0, 0.05) is 49.8 Å². The summed E-state index contributed by atoms with van der Waals surface area (Å²) in [6.07, 6.45) is -2.16. The van der Waals surface area contributed by atoms with Crippen molar-refractivity contribution in [1.29, 1.82) is 0 Å². The Labute approximate surface area is 279 Å². The molecule has 4 aromatic rings. The third kappa shape index (κ3) is 8.24. The molecule has 2 heterocycles. The van der Waals surface area contributed by atoms with Gasteiger partial charge in [-0.05, 0) is 61.7 Å². The lowest BCUT2D eigenvalue weighted by Crippen LogP contribution is -2.55. The summed E-state index contributed by atoms with van der Waals surface area (Å²) in [6, 6.07) is 19.5. The number of piperazine rings is 1. The molecule has 46 heavy (non-hydrogen) atoms. The van der Waals surface area contributed by atoms with E-state index in [4.69, 9.17) is 23.2 Å². The Morgan fingerprint density at radius 3 is 2.43 bits per heavy atom. The molecule has 0 radical (unpaired) electrons. The highest BCUT2D eigenvalue weighted by atomic mass is 35.5. The molecule has 1 unspecified atom stereocenters. The fourth-order valence-electron chi connectivity index (χ4n) is 5.35. The van der Waals surface area contributed by atoms with Gasteiger partial charge in [0.15, 0.2) is 5.16 Å². The van der Waals surface area contributed by atoms with Crippen LogP contribution in [0.1, 0.15) is 53.5 Å². The molecule has 0 aliphatic carbocycles. The van der Waals surface area contributed by atoms with E-state index in [2.05, 4.69) is 10.2 Å². The molecular weight excluding hydrogens is 658 g/mol. The lowest BCUT2D eigenvalue weighted by molar-refractivity contribution is -0.137. The summed E-state index contributed by atoms with van der Waals surface area (Å²) in [4.78, 5) is 29.2. The number of nitrogens with zero attached hydrogens (tertiary/aromatic N) is 5. The molecule has 2 amide bonds. The Hall–Kier alpha value is -3.54. The van der Waals surface area contributed by atoms with E-state index < -0.39 is 17.6 Å². The molecule has 13 heteroatoms. The SMILES string of the molecule is CC1CN(C(=O)CCCCSc2nnc(Cc3ccccc3)n2-c2ccc(Cl)c(Cl)c2)CCN1C(=O)c1cccc(C(F)(F)F)c1. The summed E-state index contributed by atoms with van der Waals surface area (Å²) in [6.45, 7) is 2.72. The van der Waals surface area contributed by atoms with Crippen LogP contribution in [0, 0.1) is 0 Å². The number of carbonyl (C=O) groups is 2. The van der Waals surface area contributed by atoms with Gasteiger partial charge in [0.1, 0.15) is 5.82 Å². The van der Waals surface area contributed by atoms with E-state index in [1.54, 1.807) is 35.7 Å². The van der Waals surface area contributed by atoms with Crippen LogP contribution in [-0.4, -0.2) is 67.8 Å². The topological polar surface area (TPSA) is 71.3 Å². The Morgan fingerprint density at radius 1 is 0.935 bits per heavy atom. The second kappa shape index (κ2) is 14.9. The van der Waals surface area contributed by atoms with Crippen molar-refractivity contribution in [3.63, 3.8) is 0 Å². The van der Waals surface area contributed by atoms with Crippen molar-refractivity contribution in [2.24, 2.45) is 0 Å². The predicted octanol–water partition coefficient (Wildman–Crippen LogP) is 7.82. The highest BCUT2D eigenvalue weighted by molar-refractivity contribution is 7.99. The molecule has 1 aromatic heterocycles. The van der Waals surface area contributed by atoms with E-state index in [-0.39, 0.29) is 24.1 Å². The first-order valence-corrected chi connectivity index (χ1v) is 16.6. The second-order valence-corrected chi connectivity index (χ2v) is 12.9. The molecule has 1 saturated heterocycles. The number of aromatic nitrogens is 3. The normalized spacial score (nSPS) is 15.3. The van der Waals surface area contributed by atoms with E-state index in [0.717, 1.165) is 35.6 Å². The molecule has 242 valence electrons. The largest absolute Gasteiger partial charge is 0.416 e. The Morgan fingerprint density at radius 2 is 1.72 bits per heavy atom. The van der Waals surface area contributed by atoms with Crippen molar-refractivity contribution in [2.45, 2.75) is 50.0 Å². The first kappa shape index (κ1) is 33.8. The average Bonchev–Trinajstić information content (AvgIpc) is 3.43. The summed E-state index contributed by atoms with van der Waals surface area (Å²) >= 11 is 14.0. The Bertz CT molecular complexity index is 1690. The zero-order valence-corrected chi connectivity index (χ0v) is 27.3. The number of benzene rings is 3. The summed E-state index contributed by atoms with van der Waals surface area (Å²) in [7, 11) is 0. The molecule has 0 saturated carbocycles. The minimum absolute atomic E-state index is 0.00728. The predicted molar refractivity (Wildman–Crippen MR) is 174 cm³/mol. The number of hydrogen-bond donors (Lipinski definition) is 0. The zero-order chi connectivity index (χ0) is 32.8. The summed E-state index contributed by atoms with van der Waals surface area (Å²) in [5.74, 6) is 1.01. The first-order valence-electron chi connectivity index (χ1n) is 14.8. The number of carbonyl (C=O) groups excluding carboxylic acids is 2. The van der Waals surface area contributed by atoms with Crippen molar-refractivity contribution in [1.82, 2.24) is 24.6 Å². The summed E-state index contributed by atoms with van der Waals surface area (Å²) < 4.78 is 41.4. The summed E-state index contributed by atoms with van der Waals surface area (Å²) in [5, 5.41) is 10.5. The Kier molecular flexibility index (Phi) is 11.0. The van der Waals surface area contributed by atoms with Gasteiger partial charge in [-0.25, -0.2) is 0 Å². The van der Waals surface area contributed by atoms with Crippen LogP contribution in [0.3, 0.4) is 0 Å². The minimum Gasteiger partial charge on any atom is -0.339 e. The molecule has 1 aliphatic heterocycles. The third-order valence-electron chi connectivity index (χ3n) is 7.76. The van der Waals surface area contributed by atoms with Gasteiger partial charge in [-0.2, -0.15) is 13.2 Å². The second-order valence-electron chi connectivity index (χ2n) is 11.1. The van der Waals surface area contributed by atoms with Crippen LogP contribution in [0.4, 0.5) is 13.2 Å². The third-order valence-corrected chi connectivity index (χ3v) is 9.52. The van der Waals surface area contributed by atoms with E-state index in [9.17, 15) is 22.8 Å². The van der Waals surface area contributed by atoms with Crippen molar-refractivity contribution in [2.75, 3.05) is 25.4 Å². The number of unbranched alkanes of at least 4 members (excludes halogenated alkanes) is 1. The van der Waals surface area contributed by atoms with Crippen molar-refractivity contribution in [3.05, 3.63) is 105 Å². The number of thioether (sulfide) groups is 1. The van der Waals surface area contributed by atoms with Crippen LogP contribution in [0.25, 0.3) is 5.69 Å². The van der Waals surface area contributed by atoms with Gasteiger partial charge in [0.25, 0.3) is 5.91 Å². The van der Waals surface area contributed by atoms with Crippen LogP contribution >= 0.6 is 35.0 Å². The molecule has 0 N–H and O–H groups in total. The van der Waals surface area contributed by atoms with Crippen LogP contribution in [-0.2, 0) is 17.4 Å². The number of alkyl halides is 3. The monoisotopic (exact) mass is 689 g/mol. The van der Waals surface area contributed by atoms with Gasteiger partial charge in [-0.3, -0.25) is 14.2 Å². The maximum atomic E-state index is 13.1. The first-order chi connectivity index (χ1) is 22.0. The number of rotatable bonds is 10. The van der Waals surface area contributed by atoms with Crippen molar-refractivity contribution < 1.29 is 22.8 Å². The highest BCUT2D eigenvalue weighted by Crippen LogP contribution is 2.31. The smallest absolute Gasteiger partial charge is 0.339 e. The maximum absolute atomic E-state index is 13.1. The maximum Gasteiger partial charge on any atom is 0.416 e. The number of halogens is 5. The molecular formula is C33H32Cl2F3N5O2S. The number of hydrogen-bond acceptors (Lipinski definition) is 5. The number of amides is 2. The van der Waals surface area contributed by atoms with E-state index in [0.29, 0.717) is 53.3 Å². The fraction of sp³-hybridized carbons (Fsp3) is 0.333. The fourth-order valence-corrected chi connectivity index (χ4v) is 6.61. The minimum atomic E-state index is -4.53. The highest BCUT2D eigenvalue weighted by Gasteiger charge is 2.33. The van der Waals surface area contributed by atoms with Gasteiger partial charge in [0.2, 0.25) is 5.91 Å². The molecule has 1 fully saturated rings. The lowest BCUT2D eigenvalue weighted by atomic mass is 10.1. The average molecular weight is 691 g/mol. The molecule has 0 spiro atoms. The molecule has 0 bridgehead atoms. The lowest BCUT2D eigenvalue weighted by Gasteiger charge is -2.40. The van der Waals surface area contributed by atoms with Crippen LogP contribution in [0.5, 0.6) is 0 Å². The molecule has 7 nitrogen and oxygen atoms in total. The van der Waals surface area contributed by atoms with Gasteiger partial charge < -0.3 is 9.80 Å². The van der Waals surface area contributed by atoms with Crippen molar-refractivity contribution in [3.8, 4) is 5.69 Å². The quantitative estimate of drug-likeness (QED) is 0.125. The van der Waals surface area contributed by atoms with E-state index in [1.807, 2.05) is 41.0 Å². The molecule has 3 aromatic carbocycles. The standard InChI is InChI=1S/C33H32Cl2F3N5O2S/c1-22-21-41(15-16-42(22)31(45)24-10-7-11-25(19-24)33(36,37)38)30(44)12-5-6-17-46-32-40-39-29(18-23-8-3-2-4-9-23)43(32)26-13-14-27(34)28(35)20-26/h2-4,7-11,13-14,19-20,22H,5-6,12,15-18,21H2,1H3. The summed E-state index contributed by atoms with van der Waals surface area (Å²) in [5.41, 5.74) is 1.03. The van der Waals surface area contributed by atoms with Crippen LogP contribution < -0.4 is 0 Å². The van der Waals surface area contributed by atoms with Crippen molar-refractivity contribution >= 4 is 46.8 Å². The molecule has 1 atom stereocenters. The van der Waals surface area contributed by atoms with Crippen LogP contribution in [0.15, 0.2) is 78.0 Å². The van der Waals surface area contributed by atoms with Gasteiger partial charge in [0.05, 0.1) is 21.3 Å². The Balaban J connectivity index is 1.13.